The van der Waals surface area contributed by atoms with Crippen molar-refractivity contribution in [2.45, 2.75) is 57.5 Å². The Hall–Kier alpha value is -2.88. The fourth-order valence-electron chi connectivity index (χ4n) is 4.16. The van der Waals surface area contributed by atoms with E-state index in [1.807, 2.05) is 74.5 Å². The van der Waals surface area contributed by atoms with E-state index in [1.54, 1.807) is 0 Å². The number of Topliss-reactive ketones (excluding diaryl/α,β-unsaturated/α-hetero) is 1. The highest BCUT2D eigenvalue weighted by atomic mass is 16.6. The smallest absolute Gasteiger partial charge is 0.339 e. The molecule has 1 N–H and O–H groups in total. The Bertz CT molecular complexity index is 886. The molecular formula is C25H28O4. The van der Waals surface area contributed by atoms with Crippen molar-refractivity contribution in [2.75, 3.05) is 0 Å². The fraction of sp³-hybridized carbons (Fsp3) is 0.360. The molecule has 4 nitrogen and oxygen atoms in total. The molecule has 0 aromatic heterocycles. The Morgan fingerprint density at radius 1 is 0.931 bits per heavy atom. The number of aliphatic hydroxyl groups is 1. The van der Waals surface area contributed by atoms with Gasteiger partial charge in [-0.2, -0.15) is 0 Å². The van der Waals surface area contributed by atoms with Crippen LogP contribution in [0.1, 0.15) is 56.6 Å². The van der Waals surface area contributed by atoms with Gasteiger partial charge in [-0.25, -0.2) is 4.79 Å². The predicted octanol–water partition coefficient (Wildman–Crippen LogP) is 5.29. The first-order chi connectivity index (χ1) is 14.0. The van der Waals surface area contributed by atoms with Crippen molar-refractivity contribution in [2.24, 2.45) is 0 Å². The highest BCUT2D eigenvalue weighted by Gasteiger charge is 2.50. The Morgan fingerprint density at radius 3 is 2.14 bits per heavy atom. The molecule has 0 spiro atoms. The minimum atomic E-state index is -1.30. The number of aliphatic hydroxyl groups excluding tert-OH is 1. The van der Waals surface area contributed by atoms with Crippen LogP contribution in [0.5, 0.6) is 0 Å². The first-order valence-electron chi connectivity index (χ1n) is 10.3. The lowest BCUT2D eigenvalue weighted by Crippen LogP contribution is -2.49. The number of benzene rings is 2. The highest BCUT2D eigenvalue weighted by Crippen LogP contribution is 2.39. The van der Waals surface area contributed by atoms with Crippen molar-refractivity contribution >= 4 is 11.8 Å². The number of ether oxygens (including phenoxy) is 1. The normalized spacial score (nSPS) is 20.5. The van der Waals surface area contributed by atoms with Crippen LogP contribution in [0, 0.1) is 0 Å². The van der Waals surface area contributed by atoms with Gasteiger partial charge in [-0.15, -0.1) is 0 Å². The number of cyclic esters (lactones) is 1. The van der Waals surface area contributed by atoms with E-state index in [9.17, 15) is 14.7 Å². The van der Waals surface area contributed by atoms with Crippen LogP contribution in [0.15, 0.2) is 72.0 Å². The summed E-state index contributed by atoms with van der Waals surface area (Å²) in [6.07, 6.45) is 2.60. The Labute approximate surface area is 172 Å². The molecule has 0 amide bonds. The second-order valence-electron chi connectivity index (χ2n) is 7.58. The zero-order valence-corrected chi connectivity index (χ0v) is 17.1. The molecule has 0 saturated heterocycles. The van der Waals surface area contributed by atoms with Gasteiger partial charge in [0.15, 0.2) is 11.4 Å². The Morgan fingerprint density at radius 2 is 1.55 bits per heavy atom. The van der Waals surface area contributed by atoms with Gasteiger partial charge in [0, 0.05) is 5.92 Å². The van der Waals surface area contributed by atoms with Crippen LogP contribution in [0.4, 0.5) is 0 Å². The summed E-state index contributed by atoms with van der Waals surface area (Å²) in [6, 6.07) is 19.2. The van der Waals surface area contributed by atoms with Crippen LogP contribution in [-0.2, 0) is 20.7 Å². The van der Waals surface area contributed by atoms with Gasteiger partial charge >= 0.3 is 5.97 Å². The maximum absolute atomic E-state index is 13.3. The third-order valence-corrected chi connectivity index (χ3v) is 5.66. The minimum Gasteiger partial charge on any atom is -0.504 e. The predicted molar refractivity (Wildman–Crippen MR) is 113 cm³/mol. The van der Waals surface area contributed by atoms with Gasteiger partial charge in [0.1, 0.15) is 0 Å². The van der Waals surface area contributed by atoms with Crippen molar-refractivity contribution in [3.8, 4) is 0 Å². The van der Waals surface area contributed by atoms with Gasteiger partial charge in [0.05, 0.1) is 5.57 Å². The monoisotopic (exact) mass is 392 g/mol. The van der Waals surface area contributed by atoms with Crippen LogP contribution in [0.25, 0.3) is 0 Å². The molecule has 0 aliphatic carbocycles. The van der Waals surface area contributed by atoms with E-state index in [1.165, 1.54) is 0 Å². The lowest BCUT2D eigenvalue weighted by molar-refractivity contribution is -0.169. The lowest BCUT2D eigenvalue weighted by Gasteiger charge is -2.37. The van der Waals surface area contributed by atoms with Crippen LogP contribution < -0.4 is 0 Å². The number of esters is 1. The molecule has 0 fully saturated rings. The molecule has 0 bridgehead atoms. The number of carbonyl (C=O) groups excluding carboxylic acids is 2. The van der Waals surface area contributed by atoms with Gasteiger partial charge in [-0.05, 0) is 36.8 Å². The van der Waals surface area contributed by atoms with E-state index in [0.717, 1.165) is 11.1 Å². The Kier molecular flexibility index (Phi) is 6.53. The zero-order chi connectivity index (χ0) is 20.9. The number of aryl methyl sites for hydroxylation is 1. The highest BCUT2D eigenvalue weighted by molar-refractivity contribution is 6.11. The molecule has 2 aromatic rings. The zero-order valence-electron chi connectivity index (χ0n) is 17.1. The second-order valence-corrected chi connectivity index (χ2v) is 7.58. The van der Waals surface area contributed by atoms with E-state index in [0.29, 0.717) is 32.1 Å². The number of rotatable bonds is 8. The standard InChI is InChI=1S/C25H28O4/c1-3-16-25(17-15-18-11-7-5-8-12-18)23(27)22(26)21(24(28)29-25)20(4-2)19-13-9-6-10-14-19/h5-14,20,26H,3-4,15-17H2,1-2H3. The molecular weight excluding hydrogens is 364 g/mol. The number of hydrogen-bond donors (Lipinski definition) is 1. The van der Waals surface area contributed by atoms with Crippen LogP contribution in [-0.4, -0.2) is 22.5 Å². The second kappa shape index (κ2) is 9.08. The largest absolute Gasteiger partial charge is 0.504 e. The first-order valence-corrected chi connectivity index (χ1v) is 10.3. The van der Waals surface area contributed by atoms with Gasteiger partial charge < -0.3 is 9.84 Å². The third-order valence-electron chi connectivity index (χ3n) is 5.66. The molecule has 29 heavy (non-hydrogen) atoms. The minimum absolute atomic E-state index is 0.0788. The molecule has 3 rings (SSSR count). The van der Waals surface area contributed by atoms with Crippen molar-refractivity contribution < 1.29 is 19.4 Å². The molecule has 1 aliphatic heterocycles. The molecule has 2 atom stereocenters. The van der Waals surface area contributed by atoms with Crippen molar-refractivity contribution in [3.05, 3.63) is 83.1 Å². The number of hydrogen-bond acceptors (Lipinski definition) is 4. The average Bonchev–Trinajstić information content (AvgIpc) is 2.75. The summed E-state index contributed by atoms with van der Waals surface area (Å²) in [5.74, 6) is -1.86. The van der Waals surface area contributed by atoms with E-state index in [2.05, 4.69) is 0 Å². The molecule has 2 aromatic carbocycles. The molecule has 4 heteroatoms. The first kappa shape index (κ1) is 20.8. The van der Waals surface area contributed by atoms with Gasteiger partial charge in [0.2, 0.25) is 5.78 Å². The van der Waals surface area contributed by atoms with Crippen LogP contribution >= 0.6 is 0 Å². The van der Waals surface area contributed by atoms with Crippen LogP contribution in [0.2, 0.25) is 0 Å². The number of ketones is 1. The molecule has 1 aliphatic rings. The quantitative estimate of drug-likeness (QED) is 0.620. The molecule has 0 radical (unpaired) electrons. The van der Waals surface area contributed by atoms with Crippen molar-refractivity contribution in [1.82, 2.24) is 0 Å². The molecule has 0 saturated carbocycles. The van der Waals surface area contributed by atoms with E-state index < -0.39 is 23.1 Å². The average molecular weight is 392 g/mol. The Balaban J connectivity index is 1.95. The van der Waals surface area contributed by atoms with Crippen molar-refractivity contribution in [1.29, 1.82) is 0 Å². The van der Waals surface area contributed by atoms with Crippen LogP contribution in [0.3, 0.4) is 0 Å². The maximum Gasteiger partial charge on any atom is 0.339 e. The van der Waals surface area contributed by atoms with Gasteiger partial charge in [-0.3, -0.25) is 4.79 Å². The summed E-state index contributed by atoms with van der Waals surface area (Å²) in [7, 11) is 0. The topological polar surface area (TPSA) is 63.6 Å². The molecule has 1 heterocycles. The van der Waals surface area contributed by atoms with E-state index >= 15 is 0 Å². The maximum atomic E-state index is 13.3. The summed E-state index contributed by atoms with van der Waals surface area (Å²) in [4.78, 5) is 26.3. The van der Waals surface area contributed by atoms with Crippen molar-refractivity contribution in [3.63, 3.8) is 0 Å². The number of carbonyl (C=O) groups is 2. The summed E-state index contributed by atoms with van der Waals surface area (Å²) in [6.45, 7) is 3.87. The van der Waals surface area contributed by atoms with E-state index in [4.69, 9.17) is 4.74 Å². The summed E-state index contributed by atoms with van der Waals surface area (Å²) in [5.41, 5.74) is 0.727. The van der Waals surface area contributed by atoms with Gasteiger partial charge in [-0.1, -0.05) is 80.9 Å². The summed E-state index contributed by atoms with van der Waals surface area (Å²) < 4.78 is 5.83. The summed E-state index contributed by atoms with van der Waals surface area (Å²) >= 11 is 0. The lowest BCUT2D eigenvalue weighted by atomic mass is 9.79. The molecule has 2 unspecified atom stereocenters. The van der Waals surface area contributed by atoms with E-state index in [-0.39, 0.29) is 11.5 Å². The molecule has 152 valence electrons. The van der Waals surface area contributed by atoms with Gasteiger partial charge in [0.25, 0.3) is 0 Å². The third kappa shape index (κ3) is 4.26. The summed E-state index contributed by atoms with van der Waals surface area (Å²) in [5, 5.41) is 10.9. The fourth-order valence-corrected chi connectivity index (χ4v) is 4.16. The SMILES string of the molecule is CCCC1(CCc2ccccc2)OC(=O)C(C(CC)c2ccccc2)=C(O)C1=O.